The van der Waals surface area contributed by atoms with E-state index < -0.39 is 17.7 Å². The molecule has 1 fully saturated rings. The highest BCUT2D eigenvalue weighted by atomic mass is 79.9. The average Bonchev–Trinajstić information content (AvgIpc) is 3.41. The number of carbonyl (C=O) groups is 2. The van der Waals surface area contributed by atoms with Crippen molar-refractivity contribution >= 4 is 44.3 Å². The van der Waals surface area contributed by atoms with Gasteiger partial charge in [-0.3, -0.25) is 9.59 Å². The molecule has 5 rings (SSSR count). The molecule has 1 saturated heterocycles. The summed E-state index contributed by atoms with van der Waals surface area (Å²) in [6, 6.07) is 22.4. The molecule has 0 spiro atoms. The third-order valence-corrected chi connectivity index (χ3v) is 7.40. The van der Waals surface area contributed by atoms with Crippen LogP contribution in [0.1, 0.15) is 48.1 Å². The highest BCUT2D eigenvalue weighted by Gasteiger charge is 2.45. The summed E-state index contributed by atoms with van der Waals surface area (Å²) in [5, 5.41) is 12.3. The zero-order chi connectivity index (χ0) is 25.4. The summed E-state index contributed by atoms with van der Waals surface area (Å²) in [4.78, 5) is 31.5. The predicted octanol–water partition coefficient (Wildman–Crippen LogP) is 6.72. The minimum atomic E-state index is -0.667. The number of ketones is 1. The third-order valence-electron chi connectivity index (χ3n) is 6.87. The van der Waals surface area contributed by atoms with Crippen molar-refractivity contribution in [3.8, 4) is 0 Å². The molecule has 4 aromatic rings. The number of aliphatic hydroxyl groups excluding tert-OH is 1. The molecule has 1 aliphatic rings. The average molecular weight is 543 g/mol. The van der Waals surface area contributed by atoms with Crippen LogP contribution in [0, 0.1) is 0 Å². The Hall–Kier alpha value is -3.64. The lowest BCUT2D eigenvalue weighted by molar-refractivity contribution is -0.139. The van der Waals surface area contributed by atoms with E-state index in [1.165, 1.54) is 5.56 Å². The summed E-state index contributed by atoms with van der Waals surface area (Å²) in [6.45, 7) is 4.59. The smallest absolute Gasteiger partial charge is 0.295 e. The number of aromatic nitrogens is 1. The summed E-state index contributed by atoms with van der Waals surface area (Å²) < 4.78 is 0.860. The van der Waals surface area contributed by atoms with Gasteiger partial charge in [0.05, 0.1) is 11.6 Å². The van der Waals surface area contributed by atoms with Crippen molar-refractivity contribution in [3.63, 3.8) is 0 Å². The van der Waals surface area contributed by atoms with E-state index in [0.717, 1.165) is 26.5 Å². The lowest BCUT2D eigenvalue weighted by Crippen LogP contribution is -2.31. The number of para-hydroxylation sites is 1. The number of likely N-dealkylation sites (tertiary alicyclic amines) is 1. The van der Waals surface area contributed by atoms with Crippen LogP contribution in [0.5, 0.6) is 0 Å². The second-order valence-electron chi connectivity index (χ2n) is 9.43. The first-order valence-electron chi connectivity index (χ1n) is 12.0. The number of aliphatic hydroxyl groups is 1. The van der Waals surface area contributed by atoms with E-state index in [4.69, 9.17) is 0 Å². The quantitative estimate of drug-likeness (QED) is 0.161. The van der Waals surface area contributed by atoms with Gasteiger partial charge in [-0.2, -0.15) is 0 Å². The van der Waals surface area contributed by atoms with Crippen LogP contribution in [-0.2, 0) is 16.0 Å². The monoisotopic (exact) mass is 542 g/mol. The number of hydrogen-bond acceptors (Lipinski definition) is 3. The molecule has 2 heterocycles. The maximum Gasteiger partial charge on any atom is 0.295 e. The van der Waals surface area contributed by atoms with Crippen LogP contribution in [0.25, 0.3) is 16.7 Å². The van der Waals surface area contributed by atoms with Crippen molar-refractivity contribution in [1.29, 1.82) is 0 Å². The standard InChI is InChI=1S/C30H27BrN2O3/c1-18(2)19-7-9-20(10-8-19)27-26(28(34)21-11-13-23(31)14-12-21)29(35)30(36)33(27)16-15-22-17-32-25-6-4-3-5-24(22)25/h3-14,17-18,27,32,34H,15-16H2,1-2H3/t27-/m0/s1. The Morgan fingerprint density at radius 1 is 1.00 bits per heavy atom. The van der Waals surface area contributed by atoms with Gasteiger partial charge in [-0.05, 0) is 47.2 Å². The molecular formula is C30H27BrN2O3. The fraction of sp³-hybridized carbons (Fsp3) is 0.200. The number of nitrogens with zero attached hydrogens (tertiary/aromatic N) is 1. The van der Waals surface area contributed by atoms with Crippen molar-refractivity contribution in [2.24, 2.45) is 0 Å². The van der Waals surface area contributed by atoms with Crippen LogP contribution in [0.3, 0.4) is 0 Å². The molecule has 36 heavy (non-hydrogen) atoms. The Labute approximate surface area is 218 Å². The van der Waals surface area contributed by atoms with E-state index in [9.17, 15) is 14.7 Å². The Kier molecular flexibility index (Phi) is 6.54. The molecule has 0 unspecified atom stereocenters. The third kappa shape index (κ3) is 4.37. The molecule has 182 valence electrons. The normalized spacial score (nSPS) is 17.4. The molecule has 1 aromatic heterocycles. The lowest BCUT2D eigenvalue weighted by Gasteiger charge is -2.25. The molecule has 1 aliphatic heterocycles. The van der Waals surface area contributed by atoms with E-state index >= 15 is 0 Å². The van der Waals surface area contributed by atoms with Gasteiger partial charge in [0.2, 0.25) is 0 Å². The minimum Gasteiger partial charge on any atom is -0.507 e. The molecule has 0 bridgehead atoms. The first-order valence-corrected chi connectivity index (χ1v) is 12.8. The van der Waals surface area contributed by atoms with E-state index in [0.29, 0.717) is 24.4 Å². The van der Waals surface area contributed by atoms with Gasteiger partial charge in [-0.15, -0.1) is 0 Å². The fourth-order valence-corrected chi connectivity index (χ4v) is 5.13. The lowest BCUT2D eigenvalue weighted by atomic mass is 9.93. The molecule has 0 aliphatic carbocycles. The molecular weight excluding hydrogens is 516 g/mol. The molecule has 0 saturated carbocycles. The van der Waals surface area contributed by atoms with E-state index in [2.05, 4.69) is 34.8 Å². The number of carbonyl (C=O) groups excluding carboxylic acids is 2. The van der Waals surface area contributed by atoms with Crippen LogP contribution in [-0.4, -0.2) is 33.2 Å². The van der Waals surface area contributed by atoms with Gasteiger partial charge in [0.15, 0.2) is 0 Å². The number of amides is 1. The maximum atomic E-state index is 13.3. The highest BCUT2D eigenvalue weighted by molar-refractivity contribution is 9.10. The molecule has 1 atom stereocenters. The van der Waals surface area contributed by atoms with E-state index in [1.54, 1.807) is 29.2 Å². The molecule has 2 N–H and O–H groups in total. The molecule has 1 amide bonds. The van der Waals surface area contributed by atoms with Gasteiger partial charge in [-0.25, -0.2) is 0 Å². The number of halogens is 1. The van der Waals surface area contributed by atoms with Gasteiger partial charge in [-0.1, -0.05) is 84.4 Å². The van der Waals surface area contributed by atoms with E-state index in [-0.39, 0.29) is 11.3 Å². The Bertz CT molecular complexity index is 1470. The second-order valence-corrected chi connectivity index (χ2v) is 10.3. The highest BCUT2D eigenvalue weighted by Crippen LogP contribution is 2.40. The first kappa shape index (κ1) is 24.1. The van der Waals surface area contributed by atoms with Gasteiger partial charge in [0, 0.05) is 33.7 Å². The first-order chi connectivity index (χ1) is 17.3. The van der Waals surface area contributed by atoms with Crippen LogP contribution >= 0.6 is 15.9 Å². The van der Waals surface area contributed by atoms with Crippen molar-refractivity contribution in [2.75, 3.05) is 6.54 Å². The van der Waals surface area contributed by atoms with Crippen molar-refractivity contribution in [2.45, 2.75) is 32.2 Å². The minimum absolute atomic E-state index is 0.124. The molecule has 5 nitrogen and oxygen atoms in total. The van der Waals surface area contributed by atoms with Gasteiger partial charge in [0.1, 0.15) is 5.76 Å². The summed E-state index contributed by atoms with van der Waals surface area (Å²) in [5.74, 6) is -1.05. The van der Waals surface area contributed by atoms with Crippen molar-refractivity contribution < 1.29 is 14.7 Å². The number of H-pyrrole nitrogens is 1. The SMILES string of the molecule is CC(C)c1ccc([C@H]2C(=C(O)c3ccc(Br)cc3)C(=O)C(=O)N2CCc2c[nH]c3ccccc23)cc1. The van der Waals surface area contributed by atoms with Gasteiger partial charge in [0.25, 0.3) is 11.7 Å². The van der Waals surface area contributed by atoms with Crippen LogP contribution in [0.15, 0.2) is 89.0 Å². The summed E-state index contributed by atoms with van der Waals surface area (Å²) in [6.07, 6.45) is 2.53. The number of benzene rings is 3. The van der Waals surface area contributed by atoms with Crippen molar-refractivity contribution in [3.05, 3.63) is 111 Å². The topological polar surface area (TPSA) is 73.4 Å². The Balaban J connectivity index is 1.56. The fourth-order valence-electron chi connectivity index (χ4n) is 4.86. The summed E-state index contributed by atoms with van der Waals surface area (Å²) >= 11 is 3.40. The molecule has 0 radical (unpaired) electrons. The number of hydrogen-bond donors (Lipinski definition) is 2. The largest absolute Gasteiger partial charge is 0.507 e. The van der Waals surface area contributed by atoms with E-state index in [1.807, 2.05) is 54.7 Å². The van der Waals surface area contributed by atoms with Crippen LogP contribution in [0.2, 0.25) is 0 Å². The number of fused-ring (bicyclic) bond motifs is 1. The Morgan fingerprint density at radius 3 is 2.39 bits per heavy atom. The van der Waals surface area contributed by atoms with Gasteiger partial charge >= 0.3 is 0 Å². The van der Waals surface area contributed by atoms with Crippen LogP contribution < -0.4 is 0 Å². The summed E-state index contributed by atoms with van der Waals surface area (Å²) in [5.41, 5.74) is 4.70. The van der Waals surface area contributed by atoms with Crippen molar-refractivity contribution in [1.82, 2.24) is 9.88 Å². The number of Topliss-reactive ketones (excluding diaryl/α,β-unsaturated/α-hetero) is 1. The number of nitrogens with one attached hydrogen (secondary N) is 1. The zero-order valence-electron chi connectivity index (χ0n) is 20.2. The zero-order valence-corrected chi connectivity index (χ0v) is 21.7. The second kappa shape index (κ2) is 9.78. The van der Waals surface area contributed by atoms with Crippen LogP contribution in [0.4, 0.5) is 0 Å². The molecule has 6 heteroatoms. The maximum absolute atomic E-state index is 13.3. The predicted molar refractivity (Wildman–Crippen MR) is 146 cm³/mol. The summed E-state index contributed by atoms with van der Waals surface area (Å²) in [7, 11) is 0. The van der Waals surface area contributed by atoms with Gasteiger partial charge < -0.3 is 15.0 Å². The number of rotatable bonds is 6. The molecule has 3 aromatic carbocycles. The number of aromatic amines is 1. The Morgan fingerprint density at radius 2 is 1.69 bits per heavy atom.